The maximum atomic E-state index is 14.0. The van der Waals surface area contributed by atoms with Crippen molar-refractivity contribution in [2.45, 2.75) is 100 Å². The second-order valence-corrected chi connectivity index (χ2v) is 19.1. The number of ether oxygens (including phenoxy) is 2. The van der Waals surface area contributed by atoms with Crippen LogP contribution in [0.4, 0.5) is 11.4 Å². The van der Waals surface area contributed by atoms with Gasteiger partial charge in [-0.25, -0.2) is 0 Å². The van der Waals surface area contributed by atoms with Crippen LogP contribution in [0.25, 0.3) is 0 Å². The molecule has 4 aromatic carbocycles. The first-order valence-corrected chi connectivity index (χ1v) is 24.4. The van der Waals surface area contributed by atoms with Gasteiger partial charge in [0, 0.05) is 73.7 Å². The van der Waals surface area contributed by atoms with E-state index in [9.17, 15) is 19.2 Å². The van der Waals surface area contributed by atoms with Crippen LogP contribution in [-0.4, -0.2) is 98.1 Å². The fourth-order valence-corrected chi connectivity index (χ4v) is 12.1. The molecule has 2 saturated carbocycles. The average molecular weight is 895 g/mol. The number of nitrogens with one attached hydrogen (secondary N) is 4. The molecule has 0 radical (unpaired) electrons. The number of nitrogens with zero attached hydrogens (tertiary/aromatic N) is 2. The molecule has 4 aliphatic heterocycles. The third kappa shape index (κ3) is 9.45. The molecule has 12 nitrogen and oxygen atoms in total. The summed E-state index contributed by atoms with van der Waals surface area (Å²) in [6.45, 7) is 2.74. The van der Waals surface area contributed by atoms with Crippen LogP contribution in [0.2, 0.25) is 0 Å². The topological polar surface area (TPSA) is 141 Å². The number of rotatable bonds is 10. The monoisotopic (exact) mass is 895 g/mol. The Morgan fingerprint density at radius 1 is 0.515 bits per heavy atom. The third-order valence-corrected chi connectivity index (χ3v) is 15.3. The smallest absolute Gasteiger partial charge is 0.251 e. The van der Waals surface area contributed by atoms with Crippen molar-refractivity contribution in [3.05, 3.63) is 131 Å². The van der Waals surface area contributed by atoms with Crippen LogP contribution in [0.15, 0.2) is 109 Å². The molecular weight excluding hydrogens is 829 g/mol. The summed E-state index contributed by atoms with van der Waals surface area (Å²) >= 11 is 0. The molecule has 6 aliphatic rings. The number of anilines is 2. The molecule has 66 heavy (non-hydrogen) atoms. The summed E-state index contributed by atoms with van der Waals surface area (Å²) in [6, 6.07) is 35.5. The van der Waals surface area contributed by atoms with Crippen LogP contribution in [0.3, 0.4) is 0 Å². The van der Waals surface area contributed by atoms with Gasteiger partial charge in [0.2, 0.25) is 11.8 Å². The normalized spacial score (nSPS) is 28.4. The van der Waals surface area contributed by atoms with E-state index < -0.39 is 0 Å². The van der Waals surface area contributed by atoms with Gasteiger partial charge in [0.15, 0.2) is 0 Å². The Kier molecular flexibility index (Phi) is 14.4. The van der Waals surface area contributed by atoms with Gasteiger partial charge in [0.05, 0.1) is 49.2 Å². The van der Waals surface area contributed by atoms with E-state index >= 15 is 0 Å². The highest BCUT2D eigenvalue weighted by atomic mass is 16.5. The molecule has 10 rings (SSSR count). The molecular formula is C54H66N6O6. The summed E-state index contributed by atoms with van der Waals surface area (Å²) in [5.74, 6) is 0.497. The summed E-state index contributed by atoms with van der Waals surface area (Å²) in [5, 5.41) is 13.7. The Morgan fingerprint density at radius 2 is 0.894 bits per heavy atom. The van der Waals surface area contributed by atoms with Gasteiger partial charge in [0.25, 0.3) is 11.8 Å². The minimum Gasteiger partial charge on any atom is -0.383 e. The van der Waals surface area contributed by atoms with Gasteiger partial charge in [-0.2, -0.15) is 0 Å². The van der Waals surface area contributed by atoms with Crippen molar-refractivity contribution in [1.29, 1.82) is 0 Å². The second-order valence-electron chi connectivity index (χ2n) is 19.1. The lowest BCUT2D eigenvalue weighted by Gasteiger charge is -2.41. The predicted octanol–water partition coefficient (Wildman–Crippen LogP) is 8.01. The first kappa shape index (κ1) is 45.4. The second kappa shape index (κ2) is 20.8. The quantitative estimate of drug-likeness (QED) is 0.126. The van der Waals surface area contributed by atoms with Gasteiger partial charge in [-0.05, 0) is 86.1 Å². The van der Waals surface area contributed by atoms with E-state index in [-0.39, 0.29) is 71.7 Å². The number of carbonyl (C=O) groups excluding carboxylic acids is 4. The first-order chi connectivity index (χ1) is 32.3. The maximum absolute atomic E-state index is 14.0. The Balaban J connectivity index is 0.000000166. The van der Waals surface area contributed by atoms with Gasteiger partial charge >= 0.3 is 0 Å². The summed E-state index contributed by atoms with van der Waals surface area (Å²) in [4.78, 5) is 57.9. The molecule has 348 valence electrons. The Hall–Kier alpha value is -5.72. The number of benzene rings is 4. The van der Waals surface area contributed by atoms with Crippen LogP contribution in [0, 0.1) is 23.7 Å². The van der Waals surface area contributed by atoms with E-state index in [0.29, 0.717) is 36.2 Å². The Labute approximate surface area is 389 Å². The zero-order valence-electron chi connectivity index (χ0n) is 38.4. The summed E-state index contributed by atoms with van der Waals surface area (Å²) in [6.07, 6.45) is 9.40. The van der Waals surface area contributed by atoms with Gasteiger partial charge in [0.1, 0.15) is 0 Å². The van der Waals surface area contributed by atoms with E-state index in [1.165, 1.54) is 11.1 Å². The van der Waals surface area contributed by atoms with Crippen molar-refractivity contribution < 1.29 is 28.7 Å². The van der Waals surface area contributed by atoms with E-state index in [1.807, 2.05) is 72.8 Å². The highest BCUT2D eigenvalue weighted by Crippen LogP contribution is 2.49. The van der Waals surface area contributed by atoms with Crippen LogP contribution < -0.4 is 21.3 Å². The Morgan fingerprint density at radius 3 is 1.30 bits per heavy atom. The van der Waals surface area contributed by atoms with E-state index in [0.717, 1.165) is 88.7 Å². The molecule has 10 atom stereocenters. The van der Waals surface area contributed by atoms with Crippen molar-refractivity contribution >= 4 is 35.0 Å². The molecule has 0 aromatic heterocycles. The lowest BCUT2D eigenvalue weighted by molar-refractivity contribution is -0.139. The van der Waals surface area contributed by atoms with Crippen LogP contribution in [0.1, 0.15) is 108 Å². The lowest BCUT2D eigenvalue weighted by atomic mass is 9.81. The lowest BCUT2D eigenvalue weighted by Crippen LogP contribution is -2.50. The molecule has 0 unspecified atom stereocenters. The molecule has 2 aliphatic carbocycles. The van der Waals surface area contributed by atoms with Crippen molar-refractivity contribution in [3.63, 3.8) is 0 Å². The average Bonchev–Trinajstić information content (AvgIpc) is 4.02. The minimum atomic E-state index is -0.173. The summed E-state index contributed by atoms with van der Waals surface area (Å²) in [7, 11) is 3.47. The molecule has 4 N–H and O–H groups in total. The van der Waals surface area contributed by atoms with Crippen molar-refractivity contribution in [1.82, 2.24) is 20.4 Å². The SMILES string of the molecule is COC[C@@H]1Nc2ccccc2[C@H]2[C@@H]1CCN2C(=O)[C@H]1CCCC[C@H]1NC(=O)c1ccccc1.COC[C@H]1Nc2ccccc2[C@@H]2[C@H]1CCN2C(=O)[C@H]1CCCC[C@H]1NC(=O)c1ccccc1. The van der Waals surface area contributed by atoms with Crippen LogP contribution in [0.5, 0.6) is 0 Å². The number of para-hydroxylation sites is 2. The van der Waals surface area contributed by atoms with Gasteiger partial charge in [-0.1, -0.05) is 98.5 Å². The largest absolute Gasteiger partial charge is 0.383 e. The van der Waals surface area contributed by atoms with Gasteiger partial charge in [-0.3, -0.25) is 19.2 Å². The number of hydrogen-bond donors (Lipinski definition) is 4. The summed E-state index contributed by atoms with van der Waals surface area (Å²) < 4.78 is 11.0. The number of hydrogen-bond acceptors (Lipinski definition) is 8. The van der Waals surface area contributed by atoms with Crippen molar-refractivity contribution in [2.24, 2.45) is 23.7 Å². The van der Waals surface area contributed by atoms with E-state index in [4.69, 9.17) is 9.47 Å². The molecule has 12 heteroatoms. The maximum Gasteiger partial charge on any atom is 0.251 e. The number of likely N-dealkylation sites (tertiary alicyclic amines) is 2. The number of amides is 4. The van der Waals surface area contributed by atoms with Gasteiger partial charge in [-0.15, -0.1) is 0 Å². The predicted molar refractivity (Wildman–Crippen MR) is 256 cm³/mol. The molecule has 0 bridgehead atoms. The van der Waals surface area contributed by atoms with E-state index in [1.54, 1.807) is 14.2 Å². The molecule has 4 aromatic rings. The molecule has 4 fully saturated rings. The zero-order chi connectivity index (χ0) is 45.6. The van der Waals surface area contributed by atoms with Crippen LogP contribution in [-0.2, 0) is 19.1 Å². The number of fused-ring (bicyclic) bond motifs is 6. The zero-order valence-corrected chi connectivity index (χ0v) is 38.4. The molecule has 4 amide bonds. The van der Waals surface area contributed by atoms with Crippen LogP contribution >= 0.6 is 0 Å². The molecule has 0 spiro atoms. The molecule has 4 heterocycles. The highest BCUT2D eigenvalue weighted by Gasteiger charge is 2.50. The highest BCUT2D eigenvalue weighted by molar-refractivity contribution is 5.95. The fraction of sp³-hybridized carbons (Fsp3) is 0.481. The van der Waals surface area contributed by atoms with Crippen molar-refractivity contribution in [2.75, 3.05) is 51.2 Å². The minimum absolute atomic E-state index is 0.0579. The van der Waals surface area contributed by atoms with Crippen molar-refractivity contribution in [3.8, 4) is 0 Å². The fourth-order valence-electron chi connectivity index (χ4n) is 12.1. The molecule has 2 saturated heterocycles. The van der Waals surface area contributed by atoms with E-state index in [2.05, 4.69) is 67.5 Å². The standard InChI is InChI=1S/2C27H33N3O3/c2*1-33-17-24-20-15-16-30(25(20)19-11-5-7-13-22(19)28-24)27(32)21-12-6-8-14-23(21)29-26(31)18-9-3-2-4-10-18/h2*2-5,7,9-11,13,20-21,23-25,28H,6,8,12,14-17H2,1H3,(H,29,31)/t20-,21+,23-,24+,25+;20-,21-,23+,24+,25+/m10/s1. The van der Waals surface area contributed by atoms with Gasteiger partial charge < -0.3 is 40.5 Å². The Bertz CT molecular complexity index is 2150. The number of carbonyl (C=O) groups is 4. The first-order valence-electron chi connectivity index (χ1n) is 24.4. The number of methoxy groups -OCH3 is 2. The third-order valence-electron chi connectivity index (χ3n) is 15.3. The summed E-state index contributed by atoms with van der Waals surface area (Å²) in [5.41, 5.74) is 5.87.